The third-order valence-corrected chi connectivity index (χ3v) is 3.41. The highest BCUT2D eigenvalue weighted by molar-refractivity contribution is 5.42. The van der Waals surface area contributed by atoms with Gasteiger partial charge in [-0.3, -0.25) is 4.68 Å². The van der Waals surface area contributed by atoms with Gasteiger partial charge in [0.25, 0.3) is 0 Å². The van der Waals surface area contributed by atoms with Gasteiger partial charge in [-0.15, -0.1) is 0 Å². The number of nitrogens with zero attached hydrogens (tertiary/aromatic N) is 2. The van der Waals surface area contributed by atoms with E-state index in [9.17, 15) is 0 Å². The van der Waals surface area contributed by atoms with Gasteiger partial charge in [-0.25, -0.2) is 0 Å². The van der Waals surface area contributed by atoms with Crippen molar-refractivity contribution in [1.82, 2.24) is 15.1 Å². The number of nitrogens with one attached hydrogen (secondary N) is 1. The van der Waals surface area contributed by atoms with Crippen LogP contribution in [0.25, 0.3) is 6.08 Å². The van der Waals surface area contributed by atoms with E-state index in [-0.39, 0.29) is 0 Å². The zero-order valence-corrected chi connectivity index (χ0v) is 12.4. The summed E-state index contributed by atoms with van der Waals surface area (Å²) in [5, 5.41) is 7.69. The van der Waals surface area contributed by atoms with Crippen LogP contribution in [-0.2, 0) is 13.1 Å². The number of hydrogen-bond acceptors (Lipinski definition) is 3. The predicted molar refractivity (Wildman–Crippen MR) is 87.2 cm³/mol. The van der Waals surface area contributed by atoms with Crippen molar-refractivity contribution in [3.63, 3.8) is 0 Å². The van der Waals surface area contributed by atoms with E-state index in [1.165, 1.54) is 11.1 Å². The minimum atomic E-state index is 0.799. The monoisotopic (exact) mass is 293 g/mol. The first-order chi connectivity index (χ1) is 10.9. The predicted octanol–water partition coefficient (Wildman–Crippen LogP) is 3.33. The van der Waals surface area contributed by atoms with Gasteiger partial charge in [0.1, 0.15) is 5.76 Å². The summed E-state index contributed by atoms with van der Waals surface area (Å²) in [5.41, 5.74) is 2.58. The van der Waals surface area contributed by atoms with Gasteiger partial charge in [-0.1, -0.05) is 30.3 Å². The van der Waals surface area contributed by atoms with Gasteiger partial charge in [0.05, 0.1) is 12.8 Å². The number of rotatable bonds is 7. The first kappa shape index (κ1) is 14.4. The highest BCUT2D eigenvalue weighted by atomic mass is 16.3. The number of furan rings is 1. The van der Waals surface area contributed by atoms with E-state index in [0.717, 1.165) is 25.4 Å². The van der Waals surface area contributed by atoms with E-state index in [0.29, 0.717) is 0 Å². The quantitative estimate of drug-likeness (QED) is 0.679. The Morgan fingerprint density at radius 1 is 1.09 bits per heavy atom. The number of hydrogen-bond donors (Lipinski definition) is 1. The Morgan fingerprint density at radius 3 is 2.77 bits per heavy atom. The summed E-state index contributed by atoms with van der Waals surface area (Å²) < 4.78 is 7.19. The second-order valence-corrected chi connectivity index (χ2v) is 5.02. The molecule has 4 heteroatoms. The maximum atomic E-state index is 5.25. The van der Waals surface area contributed by atoms with Gasteiger partial charge in [-0.2, -0.15) is 5.10 Å². The molecule has 112 valence electrons. The van der Waals surface area contributed by atoms with Crippen molar-refractivity contribution in [3.05, 3.63) is 84.1 Å². The van der Waals surface area contributed by atoms with Crippen LogP contribution in [0.3, 0.4) is 0 Å². The highest BCUT2D eigenvalue weighted by Gasteiger charge is 2.02. The Balaban J connectivity index is 1.54. The van der Waals surface area contributed by atoms with Gasteiger partial charge in [0.15, 0.2) is 0 Å². The van der Waals surface area contributed by atoms with Crippen molar-refractivity contribution in [1.29, 1.82) is 0 Å². The van der Waals surface area contributed by atoms with E-state index >= 15 is 0 Å². The first-order valence-corrected chi connectivity index (χ1v) is 7.37. The average molecular weight is 293 g/mol. The van der Waals surface area contributed by atoms with Crippen molar-refractivity contribution in [2.24, 2.45) is 0 Å². The first-order valence-electron chi connectivity index (χ1n) is 7.37. The molecule has 0 saturated carbocycles. The molecule has 0 fully saturated rings. The average Bonchev–Trinajstić information content (AvgIpc) is 3.22. The lowest BCUT2D eigenvalue weighted by Gasteiger charge is -2.10. The Labute approximate surface area is 130 Å². The second kappa shape index (κ2) is 7.43. The van der Waals surface area contributed by atoms with E-state index in [1.807, 2.05) is 35.2 Å². The molecule has 0 radical (unpaired) electrons. The van der Waals surface area contributed by atoms with Crippen molar-refractivity contribution in [2.75, 3.05) is 6.54 Å². The minimum Gasteiger partial charge on any atom is -0.465 e. The van der Waals surface area contributed by atoms with Crippen LogP contribution in [-0.4, -0.2) is 16.3 Å². The molecule has 0 spiro atoms. The molecule has 1 N–H and O–H groups in total. The van der Waals surface area contributed by atoms with Crippen LogP contribution < -0.4 is 5.32 Å². The lowest BCUT2D eigenvalue weighted by atomic mass is 10.1. The van der Waals surface area contributed by atoms with Crippen LogP contribution in [0.4, 0.5) is 0 Å². The maximum Gasteiger partial charge on any atom is 0.126 e. The van der Waals surface area contributed by atoms with Crippen molar-refractivity contribution in [2.45, 2.75) is 13.1 Å². The SMILES string of the molecule is C(=C\c1ccco1)/CNCc1ccccc1Cn1cccn1. The molecular weight excluding hydrogens is 274 g/mol. The summed E-state index contributed by atoms with van der Waals surface area (Å²) >= 11 is 0. The summed E-state index contributed by atoms with van der Waals surface area (Å²) in [4.78, 5) is 0. The van der Waals surface area contributed by atoms with Crippen LogP contribution in [0, 0.1) is 0 Å². The molecule has 0 amide bonds. The zero-order chi connectivity index (χ0) is 15.0. The normalized spacial score (nSPS) is 11.3. The molecule has 3 rings (SSSR count). The molecule has 0 saturated heterocycles. The fourth-order valence-electron chi connectivity index (χ4n) is 2.30. The lowest BCUT2D eigenvalue weighted by molar-refractivity contribution is 0.556. The topological polar surface area (TPSA) is 43.0 Å². The summed E-state index contributed by atoms with van der Waals surface area (Å²) in [6.45, 7) is 2.43. The van der Waals surface area contributed by atoms with Gasteiger partial charge in [0, 0.05) is 25.5 Å². The fourth-order valence-corrected chi connectivity index (χ4v) is 2.30. The van der Waals surface area contributed by atoms with Crippen molar-refractivity contribution >= 4 is 6.08 Å². The second-order valence-electron chi connectivity index (χ2n) is 5.02. The number of aromatic nitrogens is 2. The van der Waals surface area contributed by atoms with Crippen LogP contribution in [0.1, 0.15) is 16.9 Å². The Kier molecular flexibility index (Phi) is 4.85. The van der Waals surface area contributed by atoms with Crippen LogP contribution >= 0.6 is 0 Å². The fraction of sp³-hybridized carbons (Fsp3) is 0.167. The minimum absolute atomic E-state index is 0.799. The molecular formula is C18H19N3O. The van der Waals surface area contributed by atoms with Gasteiger partial charge in [0.2, 0.25) is 0 Å². The molecule has 0 aliphatic rings. The van der Waals surface area contributed by atoms with Gasteiger partial charge >= 0.3 is 0 Å². The van der Waals surface area contributed by atoms with Crippen LogP contribution in [0.2, 0.25) is 0 Å². The van der Waals surface area contributed by atoms with Gasteiger partial charge < -0.3 is 9.73 Å². The molecule has 0 aliphatic carbocycles. The molecule has 22 heavy (non-hydrogen) atoms. The molecule has 1 aromatic carbocycles. The van der Waals surface area contributed by atoms with E-state index in [2.05, 4.69) is 40.8 Å². The molecule has 2 heterocycles. The molecule has 2 aromatic heterocycles. The Hall–Kier alpha value is -2.59. The van der Waals surface area contributed by atoms with E-state index < -0.39 is 0 Å². The summed E-state index contributed by atoms with van der Waals surface area (Å²) in [6.07, 6.45) is 9.51. The molecule has 0 unspecified atom stereocenters. The number of benzene rings is 1. The molecule has 3 aromatic rings. The third-order valence-electron chi connectivity index (χ3n) is 3.41. The zero-order valence-electron chi connectivity index (χ0n) is 12.4. The van der Waals surface area contributed by atoms with Gasteiger partial charge in [-0.05, 0) is 35.4 Å². The van der Waals surface area contributed by atoms with Crippen LogP contribution in [0.5, 0.6) is 0 Å². The molecule has 0 atom stereocenters. The van der Waals surface area contributed by atoms with E-state index in [1.54, 1.807) is 12.5 Å². The Morgan fingerprint density at radius 2 is 2.00 bits per heavy atom. The summed E-state index contributed by atoms with van der Waals surface area (Å²) in [5.74, 6) is 0.876. The third kappa shape index (κ3) is 3.96. The van der Waals surface area contributed by atoms with Crippen LogP contribution in [0.15, 0.2) is 71.6 Å². The molecule has 4 nitrogen and oxygen atoms in total. The van der Waals surface area contributed by atoms with Crippen molar-refractivity contribution in [3.8, 4) is 0 Å². The summed E-state index contributed by atoms with van der Waals surface area (Å²) in [7, 11) is 0. The standard InChI is InChI=1S/C18H19N3O/c1-2-7-17(15-21-12-5-11-20-21)16(6-1)14-19-10-3-8-18-9-4-13-22-18/h1-9,11-13,19H,10,14-15H2/b8-3+. The summed E-state index contributed by atoms with van der Waals surface area (Å²) in [6, 6.07) is 14.2. The molecule has 0 bridgehead atoms. The largest absolute Gasteiger partial charge is 0.465 e. The lowest BCUT2D eigenvalue weighted by Crippen LogP contribution is -2.15. The smallest absolute Gasteiger partial charge is 0.126 e. The highest BCUT2D eigenvalue weighted by Crippen LogP contribution is 2.10. The van der Waals surface area contributed by atoms with Crippen molar-refractivity contribution < 1.29 is 4.42 Å². The van der Waals surface area contributed by atoms with E-state index in [4.69, 9.17) is 4.42 Å². The molecule has 0 aliphatic heterocycles. The Bertz CT molecular complexity index is 700. The maximum absolute atomic E-state index is 5.25.